The van der Waals surface area contributed by atoms with Crippen molar-refractivity contribution in [2.45, 2.75) is 19.3 Å². The topological polar surface area (TPSA) is 36.4 Å². The van der Waals surface area contributed by atoms with Crippen molar-refractivity contribution in [2.24, 2.45) is 11.8 Å². The molecule has 106 valence electrons. The molecule has 2 heterocycles. The molecule has 0 aromatic carbocycles. The number of aliphatic hydroxyl groups excluding tert-OH is 1. The molecule has 0 radical (unpaired) electrons. The zero-order valence-corrected chi connectivity index (χ0v) is 11.2. The quantitative estimate of drug-likeness (QED) is 0.682. The van der Waals surface area contributed by atoms with E-state index < -0.39 is 17.8 Å². The van der Waals surface area contributed by atoms with E-state index in [4.69, 9.17) is 5.11 Å². The number of fused-ring (bicyclic) bond motifs is 1. The van der Waals surface area contributed by atoms with Crippen LogP contribution in [0.25, 0.3) is 6.08 Å². The predicted molar refractivity (Wildman–Crippen MR) is 72.9 cm³/mol. The third-order valence-corrected chi connectivity index (χ3v) is 4.17. The summed E-state index contributed by atoms with van der Waals surface area (Å²) in [5.41, 5.74) is 4.37. The second kappa shape index (κ2) is 4.60. The Balaban J connectivity index is 1.81. The second-order valence-electron chi connectivity index (χ2n) is 5.29. The molecule has 3 nitrogen and oxygen atoms in total. The number of hydrogen-bond donors (Lipinski definition) is 1. The van der Waals surface area contributed by atoms with E-state index in [-0.39, 0.29) is 0 Å². The maximum absolute atomic E-state index is 13.2. The Morgan fingerprint density at radius 1 is 1.45 bits per heavy atom. The van der Waals surface area contributed by atoms with Crippen LogP contribution in [0.4, 0.5) is 14.6 Å². The lowest BCUT2D eigenvalue weighted by Crippen LogP contribution is -2.28. The Hall–Kier alpha value is -1.87. The van der Waals surface area contributed by atoms with E-state index in [1.165, 1.54) is 0 Å². The van der Waals surface area contributed by atoms with E-state index in [1.807, 2.05) is 24.0 Å². The molecule has 5 heteroatoms. The smallest absolute Gasteiger partial charge is 0.258 e. The van der Waals surface area contributed by atoms with Crippen LogP contribution < -0.4 is 4.90 Å². The van der Waals surface area contributed by atoms with Gasteiger partial charge in [-0.15, -0.1) is 0 Å². The second-order valence-corrected chi connectivity index (χ2v) is 5.29. The monoisotopic (exact) mass is 278 g/mol. The number of aryl methyl sites for hydroxylation is 1. The Morgan fingerprint density at radius 2 is 2.15 bits per heavy atom. The number of piperidine rings is 1. The highest BCUT2D eigenvalue weighted by Crippen LogP contribution is 2.59. The van der Waals surface area contributed by atoms with E-state index >= 15 is 0 Å². The van der Waals surface area contributed by atoms with E-state index in [9.17, 15) is 8.78 Å². The van der Waals surface area contributed by atoms with Gasteiger partial charge in [-0.1, -0.05) is 12.7 Å². The summed E-state index contributed by atoms with van der Waals surface area (Å²) in [4.78, 5) is 6.47. The van der Waals surface area contributed by atoms with Crippen molar-refractivity contribution in [3.63, 3.8) is 0 Å². The number of aromatic nitrogens is 1. The molecule has 1 aromatic heterocycles. The summed E-state index contributed by atoms with van der Waals surface area (Å²) < 4.78 is 26.4. The number of anilines is 1. The van der Waals surface area contributed by atoms with Gasteiger partial charge in [-0.25, -0.2) is 13.8 Å². The highest BCUT2D eigenvalue weighted by atomic mass is 19.3. The fourth-order valence-corrected chi connectivity index (χ4v) is 2.91. The fraction of sp³-hybridized carbons (Fsp3) is 0.467. The van der Waals surface area contributed by atoms with Gasteiger partial charge in [0.2, 0.25) is 0 Å². The zero-order valence-electron chi connectivity index (χ0n) is 11.2. The van der Waals surface area contributed by atoms with Crippen molar-refractivity contribution in [1.29, 1.82) is 0 Å². The number of aliphatic hydroxyl groups is 1. The standard InChI is InChI=1S/C15H16F2N2O/c1-2-13-10(4-3-7-20)5-6-14(18-13)19-8-11-12(9-19)15(11,16)17/h4-7,11-12,20H,2,8-9H2,1H3. The summed E-state index contributed by atoms with van der Waals surface area (Å²) >= 11 is 0. The van der Waals surface area contributed by atoms with Gasteiger partial charge in [-0.3, -0.25) is 0 Å². The van der Waals surface area contributed by atoms with Gasteiger partial charge in [0, 0.05) is 18.7 Å². The lowest BCUT2D eigenvalue weighted by atomic mass is 10.1. The number of hydrogen-bond acceptors (Lipinski definition) is 3. The molecule has 2 atom stereocenters. The van der Waals surface area contributed by atoms with Gasteiger partial charge in [-0.2, -0.15) is 0 Å². The van der Waals surface area contributed by atoms with Crippen molar-refractivity contribution in [3.05, 3.63) is 35.4 Å². The largest absolute Gasteiger partial charge is 0.507 e. The minimum atomic E-state index is -2.46. The maximum Gasteiger partial charge on any atom is 0.258 e. The van der Waals surface area contributed by atoms with Crippen LogP contribution in [-0.2, 0) is 6.42 Å². The van der Waals surface area contributed by atoms with E-state index in [2.05, 4.69) is 10.7 Å². The van der Waals surface area contributed by atoms with Crippen molar-refractivity contribution in [3.8, 4) is 0 Å². The van der Waals surface area contributed by atoms with Crippen LogP contribution >= 0.6 is 0 Å². The molecule has 0 spiro atoms. The molecular weight excluding hydrogens is 262 g/mol. The minimum absolute atomic E-state index is 0.388. The molecule has 2 aliphatic rings. The van der Waals surface area contributed by atoms with Gasteiger partial charge in [0.15, 0.2) is 0 Å². The number of halogens is 2. The van der Waals surface area contributed by atoms with Gasteiger partial charge in [0.1, 0.15) is 12.1 Å². The first kappa shape index (κ1) is 13.1. The Kier molecular flexibility index (Phi) is 3.02. The molecular formula is C15H16F2N2O. The van der Waals surface area contributed by atoms with E-state index in [0.29, 0.717) is 13.1 Å². The molecule has 1 aromatic rings. The van der Waals surface area contributed by atoms with Crippen LogP contribution in [0.1, 0.15) is 18.2 Å². The molecule has 1 N–H and O–H groups in total. The Labute approximate surface area is 116 Å². The van der Waals surface area contributed by atoms with Crippen LogP contribution in [0, 0.1) is 11.8 Å². The first-order valence-corrected chi connectivity index (χ1v) is 6.75. The van der Waals surface area contributed by atoms with Crippen molar-refractivity contribution >= 4 is 11.9 Å². The summed E-state index contributed by atoms with van der Waals surface area (Å²) in [6.45, 7) is 2.76. The fourth-order valence-electron chi connectivity index (χ4n) is 2.91. The van der Waals surface area contributed by atoms with Crippen LogP contribution in [-0.4, -0.2) is 29.1 Å². The summed E-state index contributed by atoms with van der Waals surface area (Å²) in [7, 11) is 0. The molecule has 1 saturated carbocycles. The van der Waals surface area contributed by atoms with Crippen LogP contribution in [0.3, 0.4) is 0 Å². The summed E-state index contributed by atoms with van der Waals surface area (Å²) in [5, 5.41) is 8.63. The number of rotatable bonds is 3. The lowest BCUT2D eigenvalue weighted by molar-refractivity contribution is 0.0797. The highest BCUT2D eigenvalue weighted by molar-refractivity contribution is 5.55. The van der Waals surface area contributed by atoms with Gasteiger partial charge >= 0.3 is 0 Å². The van der Waals surface area contributed by atoms with Crippen LogP contribution in [0.15, 0.2) is 24.1 Å². The summed E-state index contributed by atoms with van der Waals surface area (Å²) in [6, 6.07) is 3.73. The molecule has 20 heavy (non-hydrogen) atoms. The molecule has 1 aliphatic carbocycles. The van der Waals surface area contributed by atoms with Crippen molar-refractivity contribution in [1.82, 2.24) is 4.98 Å². The first-order chi connectivity index (χ1) is 9.57. The van der Waals surface area contributed by atoms with Gasteiger partial charge < -0.3 is 10.0 Å². The third kappa shape index (κ3) is 1.98. The number of alkyl halides is 2. The van der Waals surface area contributed by atoms with Crippen LogP contribution in [0.5, 0.6) is 0 Å². The molecule has 0 bridgehead atoms. The molecule has 2 unspecified atom stereocenters. The number of nitrogens with zero attached hydrogens (tertiary/aromatic N) is 2. The molecule has 0 amide bonds. The third-order valence-electron chi connectivity index (χ3n) is 4.17. The zero-order chi connectivity index (χ0) is 14.3. The van der Waals surface area contributed by atoms with E-state index in [1.54, 1.807) is 6.08 Å². The lowest BCUT2D eigenvalue weighted by Gasteiger charge is -2.21. The first-order valence-electron chi connectivity index (χ1n) is 6.75. The molecule has 3 rings (SSSR count). The highest BCUT2D eigenvalue weighted by Gasteiger charge is 2.71. The minimum Gasteiger partial charge on any atom is -0.507 e. The van der Waals surface area contributed by atoms with Gasteiger partial charge in [0.05, 0.1) is 17.5 Å². The molecule has 2 fully saturated rings. The van der Waals surface area contributed by atoms with E-state index in [0.717, 1.165) is 29.8 Å². The van der Waals surface area contributed by atoms with Gasteiger partial charge in [0.25, 0.3) is 5.92 Å². The average molecular weight is 278 g/mol. The Bertz CT molecular complexity index is 580. The van der Waals surface area contributed by atoms with Crippen molar-refractivity contribution in [2.75, 3.05) is 18.0 Å². The van der Waals surface area contributed by atoms with Crippen molar-refractivity contribution < 1.29 is 13.9 Å². The number of pyridine rings is 1. The summed E-state index contributed by atoms with van der Waals surface area (Å²) in [5.74, 6) is -2.69. The van der Waals surface area contributed by atoms with Gasteiger partial charge in [-0.05, 0) is 24.6 Å². The molecule has 1 saturated heterocycles. The van der Waals surface area contributed by atoms with Crippen LogP contribution in [0.2, 0.25) is 0 Å². The maximum atomic E-state index is 13.2. The normalized spacial score (nSPS) is 25.9. The SMILES string of the molecule is CCc1nc(N2CC3C(C2)C3(F)F)ccc1C=C=CO. The summed E-state index contributed by atoms with van der Waals surface area (Å²) in [6.07, 6.45) is 3.25. The Morgan fingerprint density at radius 3 is 2.75 bits per heavy atom. The average Bonchev–Trinajstić information content (AvgIpc) is 2.84. The molecule has 1 aliphatic heterocycles. The predicted octanol–water partition coefficient (Wildman–Crippen LogP) is 3.03.